The second kappa shape index (κ2) is 11.9. The maximum atomic E-state index is 12.3. The number of phenolic OH excluding ortho intramolecular Hbond substituents is 1. The molecule has 1 aliphatic rings. The third-order valence-corrected chi connectivity index (χ3v) is 7.47. The number of rotatable bonds is 12. The van der Waals surface area contributed by atoms with Crippen LogP contribution in [0.4, 0.5) is 0 Å². The molecule has 0 bridgehead atoms. The lowest BCUT2D eigenvalue weighted by molar-refractivity contribution is 0.0494. The van der Waals surface area contributed by atoms with Gasteiger partial charge in [-0.15, -0.1) is 0 Å². The number of ether oxygens (including phenoxy) is 2. The van der Waals surface area contributed by atoms with Gasteiger partial charge in [-0.05, 0) is 58.9 Å². The van der Waals surface area contributed by atoms with Gasteiger partial charge in [0.05, 0.1) is 6.61 Å². The normalized spacial score (nSPS) is 16.6. The van der Waals surface area contributed by atoms with E-state index in [1.54, 1.807) is 6.07 Å². The van der Waals surface area contributed by atoms with E-state index in [0.29, 0.717) is 12.4 Å². The predicted molar refractivity (Wildman–Crippen MR) is 143 cm³/mol. The van der Waals surface area contributed by atoms with E-state index < -0.39 is 12.0 Å². The zero-order valence-corrected chi connectivity index (χ0v) is 22.4. The van der Waals surface area contributed by atoms with Gasteiger partial charge in [0.2, 0.25) is 0 Å². The highest BCUT2D eigenvalue weighted by atomic mass is 16.5. The summed E-state index contributed by atoms with van der Waals surface area (Å²) in [6.07, 6.45) is 7.50. The Hall–Kier alpha value is -2.89. The Bertz CT molecular complexity index is 1060. The number of nitroso groups, excluding NO2 is 1. The number of hydrogen-bond acceptors (Lipinski definition) is 6. The molecule has 0 aliphatic heterocycles. The highest BCUT2D eigenvalue weighted by Gasteiger charge is 2.37. The van der Waals surface area contributed by atoms with Gasteiger partial charge >= 0.3 is 5.97 Å². The average Bonchev–Trinajstić information content (AvgIpc) is 2.84. The first-order valence-electron chi connectivity index (χ1n) is 13.2. The maximum Gasteiger partial charge on any atom is 0.341 e. The van der Waals surface area contributed by atoms with Crippen molar-refractivity contribution in [2.45, 2.75) is 96.4 Å². The summed E-state index contributed by atoms with van der Waals surface area (Å²) in [7, 11) is 0. The second-order valence-corrected chi connectivity index (χ2v) is 11.2. The van der Waals surface area contributed by atoms with Crippen LogP contribution in [0.1, 0.15) is 113 Å². The summed E-state index contributed by atoms with van der Waals surface area (Å²) < 4.78 is 11.1. The minimum absolute atomic E-state index is 0.0287. The summed E-state index contributed by atoms with van der Waals surface area (Å²) in [6, 6.07) is 9.96. The monoisotopic (exact) mass is 495 g/mol. The number of hydrogen-bond donors (Lipinski definition) is 1. The quantitative estimate of drug-likeness (QED) is 0.185. The first kappa shape index (κ1) is 27.7. The Morgan fingerprint density at radius 2 is 1.67 bits per heavy atom. The molecule has 6 nitrogen and oxygen atoms in total. The third kappa shape index (κ3) is 6.65. The zero-order chi connectivity index (χ0) is 26.3. The topological polar surface area (TPSA) is 85.2 Å². The van der Waals surface area contributed by atoms with Crippen LogP contribution < -0.4 is 4.74 Å². The summed E-state index contributed by atoms with van der Waals surface area (Å²) in [6.45, 7) is 11.5. The number of esters is 1. The maximum absolute atomic E-state index is 12.3. The van der Waals surface area contributed by atoms with Crippen LogP contribution in [0, 0.1) is 4.91 Å². The first-order valence-corrected chi connectivity index (χ1v) is 13.2. The fraction of sp³-hybridized carbons (Fsp3) is 0.567. The highest BCUT2D eigenvalue weighted by Crippen LogP contribution is 2.46. The molecule has 36 heavy (non-hydrogen) atoms. The van der Waals surface area contributed by atoms with Gasteiger partial charge in [-0.2, -0.15) is 4.91 Å². The Labute approximate surface area is 215 Å². The fourth-order valence-electron chi connectivity index (χ4n) is 4.90. The van der Waals surface area contributed by atoms with E-state index in [1.807, 2.05) is 6.07 Å². The van der Waals surface area contributed by atoms with Crippen LogP contribution in [0.2, 0.25) is 0 Å². The molecular formula is C30H41NO5. The molecule has 2 aromatic carbocycles. The molecule has 0 amide bonds. The number of aromatic hydroxyl groups is 1. The highest BCUT2D eigenvalue weighted by molar-refractivity contribution is 5.92. The molecule has 3 rings (SSSR count). The largest absolute Gasteiger partial charge is 0.507 e. The van der Waals surface area contributed by atoms with E-state index in [9.17, 15) is 14.8 Å². The van der Waals surface area contributed by atoms with Gasteiger partial charge in [-0.1, -0.05) is 83.7 Å². The van der Waals surface area contributed by atoms with Crippen LogP contribution in [-0.4, -0.2) is 24.3 Å². The van der Waals surface area contributed by atoms with Crippen LogP contribution in [-0.2, 0) is 15.6 Å². The van der Waals surface area contributed by atoms with Crippen molar-refractivity contribution in [2.75, 3.05) is 13.2 Å². The van der Waals surface area contributed by atoms with Gasteiger partial charge in [0.1, 0.15) is 23.7 Å². The SMILES string of the molecule is CCCCCCCOC(=O)c1ccc(OCC(N=O)c2ccc3c(c2)C(C)(C)CCC3(C)C)cc1O. The van der Waals surface area contributed by atoms with Crippen LogP contribution in [0.3, 0.4) is 0 Å². The molecule has 1 N–H and O–H groups in total. The van der Waals surface area contributed by atoms with Crippen LogP contribution in [0.25, 0.3) is 0 Å². The van der Waals surface area contributed by atoms with Gasteiger partial charge in [0.25, 0.3) is 0 Å². The molecule has 1 atom stereocenters. The number of unbranched alkanes of at least 4 members (excludes halogenated alkanes) is 4. The first-order chi connectivity index (χ1) is 17.1. The van der Waals surface area contributed by atoms with Crippen molar-refractivity contribution in [1.82, 2.24) is 0 Å². The smallest absolute Gasteiger partial charge is 0.341 e. The van der Waals surface area contributed by atoms with Gasteiger partial charge < -0.3 is 14.6 Å². The number of phenols is 1. The summed E-state index contributed by atoms with van der Waals surface area (Å²) in [5.74, 6) is -0.407. The van der Waals surface area contributed by atoms with Crippen LogP contribution in [0.5, 0.6) is 11.5 Å². The lowest BCUT2D eigenvalue weighted by Gasteiger charge is -2.42. The van der Waals surface area contributed by atoms with E-state index in [-0.39, 0.29) is 28.7 Å². The summed E-state index contributed by atoms with van der Waals surface area (Å²) in [5, 5.41) is 13.7. The Kier molecular flexibility index (Phi) is 9.15. The number of carbonyl (C=O) groups excluding carboxylic acids is 1. The van der Waals surface area contributed by atoms with Crippen molar-refractivity contribution in [3.63, 3.8) is 0 Å². The number of carbonyl (C=O) groups is 1. The van der Waals surface area contributed by atoms with Gasteiger partial charge in [-0.25, -0.2) is 4.79 Å². The fourth-order valence-corrected chi connectivity index (χ4v) is 4.90. The number of benzene rings is 2. The van der Waals surface area contributed by atoms with E-state index in [1.165, 1.54) is 29.7 Å². The Morgan fingerprint density at radius 1 is 0.972 bits per heavy atom. The average molecular weight is 496 g/mol. The Balaban J connectivity index is 1.63. The van der Waals surface area contributed by atoms with Crippen LogP contribution >= 0.6 is 0 Å². The van der Waals surface area contributed by atoms with Crippen molar-refractivity contribution >= 4 is 5.97 Å². The van der Waals surface area contributed by atoms with Crippen molar-refractivity contribution in [1.29, 1.82) is 0 Å². The third-order valence-electron chi connectivity index (χ3n) is 7.47. The van der Waals surface area contributed by atoms with Crippen molar-refractivity contribution in [3.05, 3.63) is 63.6 Å². The molecular weight excluding hydrogens is 454 g/mol. The molecule has 1 unspecified atom stereocenters. The van der Waals surface area contributed by atoms with Gasteiger partial charge in [-0.3, -0.25) is 0 Å². The molecule has 0 saturated carbocycles. The molecule has 0 fully saturated rings. The molecule has 0 aromatic heterocycles. The molecule has 2 aromatic rings. The molecule has 1 aliphatic carbocycles. The van der Waals surface area contributed by atoms with E-state index >= 15 is 0 Å². The molecule has 196 valence electrons. The second-order valence-electron chi connectivity index (χ2n) is 11.2. The van der Waals surface area contributed by atoms with E-state index in [2.05, 4.69) is 51.9 Å². The molecule has 0 radical (unpaired) electrons. The molecule has 6 heteroatoms. The Morgan fingerprint density at radius 3 is 2.33 bits per heavy atom. The minimum Gasteiger partial charge on any atom is -0.507 e. The van der Waals surface area contributed by atoms with E-state index in [4.69, 9.17) is 9.47 Å². The van der Waals surface area contributed by atoms with Gasteiger partial charge in [0.15, 0.2) is 6.04 Å². The van der Waals surface area contributed by atoms with Crippen molar-refractivity contribution in [2.24, 2.45) is 5.18 Å². The predicted octanol–water partition coefficient (Wildman–Crippen LogP) is 7.75. The van der Waals surface area contributed by atoms with Crippen molar-refractivity contribution < 1.29 is 19.4 Å². The molecule has 0 spiro atoms. The molecule has 0 heterocycles. The molecule has 0 saturated heterocycles. The van der Waals surface area contributed by atoms with Crippen LogP contribution in [0.15, 0.2) is 41.6 Å². The standard InChI is InChI=1S/C30H41NO5/c1-6-7-8-9-10-17-35-28(33)23-13-12-22(19-27(23)32)36-20-26(31-34)21-11-14-24-25(18-21)30(4,5)16-15-29(24,2)3/h11-14,18-19,26,32H,6-10,15-17,20H2,1-5H3. The van der Waals surface area contributed by atoms with Gasteiger partial charge in [0, 0.05) is 6.07 Å². The minimum atomic E-state index is -0.685. The number of fused-ring (bicyclic) bond motifs is 1. The van der Waals surface area contributed by atoms with Crippen molar-refractivity contribution in [3.8, 4) is 11.5 Å². The zero-order valence-electron chi connectivity index (χ0n) is 22.4. The summed E-state index contributed by atoms with van der Waals surface area (Å²) in [5.41, 5.74) is 3.62. The number of nitrogens with zero attached hydrogens (tertiary/aromatic N) is 1. The van der Waals surface area contributed by atoms with E-state index in [0.717, 1.165) is 44.1 Å². The summed E-state index contributed by atoms with van der Waals surface area (Å²) >= 11 is 0. The lowest BCUT2D eigenvalue weighted by Crippen LogP contribution is -2.34. The lowest BCUT2D eigenvalue weighted by atomic mass is 9.63. The summed E-state index contributed by atoms with van der Waals surface area (Å²) in [4.78, 5) is 24.0.